The lowest BCUT2D eigenvalue weighted by molar-refractivity contribution is -0.118. The van der Waals surface area contributed by atoms with Crippen LogP contribution in [0.2, 0.25) is 5.02 Å². The number of benzene rings is 2. The zero-order valence-corrected chi connectivity index (χ0v) is 11.2. The summed E-state index contributed by atoms with van der Waals surface area (Å²) >= 11 is 5.55. The van der Waals surface area contributed by atoms with Crippen LogP contribution in [0.25, 0.3) is 0 Å². The van der Waals surface area contributed by atoms with Crippen LogP contribution in [-0.2, 0) is 4.79 Å². The summed E-state index contributed by atoms with van der Waals surface area (Å²) in [4.78, 5) is 11.7. The molecule has 0 fully saturated rings. The van der Waals surface area contributed by atoms with Crippen LogP contribution < -0.4 is 15.8 Å². The van der Waals surface area contributed by atoms with E-state index in [4.69, 9.17) is 22.1 Å². The zero-order valence-electron chi connectivity index (χ0n) is 10.4. The average molecular weight is 295 g/mol. The van der Waals surface area contributed by atoms with Crippen LogP contribution in [0.5, 0.6) is 5.75 Å². The number of anilines is 2. The van der Waals surface area contributed by atoms with E-state index in [0.29, 0.717) is 17.1 Å². The molecule has 0 bridgehead atoms. The lowest BCUT2D eigenvalue weighted by Crippen LogP contribution is -2.20. The van der Waals surface area contributed by atoms with Crippen molar-refractivity contribution in [2.75, 3.05) is 17.7 Å². The summed E-state index contributed by atoms with van der Waals surface area (Å²) in [5.74, 6) is -0.599. The van der Waals surface area contributed by atoms with Crippen molar-refractivity contribution in [1.29, 1.82) is 0 Å². The molecule has 0 aromatic heterocycles. The lowest BCUT2D eigenvalue weighted by atomic mass is 10.3. The first-order chi connectivity index (χ1) is 9.56. The van der Waals surface area contributed by atoms with Gasteiger partial charge in [0.15, 0.2) is 6.61 Å². The number of carbonyl (C=O) groups excluding carboxylic acids is 1. The van der Waals surface area contributed by atoms with Crippen molar-refractivity contribution in [2.45, 2.75) is 0 Å². The maximum Gasteiger partial charge on any atom is 0.262 e. The molecule has 0 saturated heterocycles. The lowest BCUT2D eigenvalue weighted by Gasteiger charge is -2.09. The SMILES string of the molecule is Nc1ccccc1OCC(=O)Nc1ccc(Cl)c(F)c1. The Bertz CT molecular complexity index is 634. The number of nitrogens with two attached hydrogens (primary N) is 1. The Kier molecular flexibility index (Phi) is 4.42. The summed E-state index contributed by atoms with van der Waals surface area (Å²) in [5, 5.41) is 2.49. The minimum absolute atomic E-state index is 0.00342. The minimum Gasteiger partial charge on any atom is -0.482 e. The van der Waals surface area contributed by atoms with Crippen LogP contribution in [0.3, 0.4) is 0 Å². The number of halogens is 2. The van der Waals surface area contributed by atoms with Gasteiger partial charge in [-0.15, -0.1) is 0 Å². The topological polar surface area (TPSA) is 64.3 Å². The van der Waals surface area contributed by atoms with Crippen molar-refractivity contribution < 1.29 is 13.9 Å². The molecule has 0 heterocycles. The van der Waals surface area contributed by atoms with Crippen molar-refractivity contribution in [1.82, 2.24) is 0 Å². The molecule has 0 atom stereocenters. The third-order valence-electron chi connectivity index (χ3n) is 2.48. The fourth-order valence-corrected chi connectivity index (χ4v) is 1.64. The molecule has 20 heavy (non-hydrogen) atoms. The summed E-state index contributed by atoms with van der Waals surface area (Å²) in [7, 11) is 0. The molecule has 0 saturated carbocycles. The average Bonchev–Trinajstić information content (AvgIpc) is 2.42. The highest BCUT2D eigenvalue weighted by atomic mass is 35.5. The van der Waals surface area contributed by atoms with E-state index in [0.717, 1.165) is 6.07 Å². The van der Waals surface area contributed by atoms with Gasteiger partial charge in [0, 0.05) is 5.69 Å². The molecule has 3 N–H and O–H groups in total. The van der Waals surface area contributed by atoms with E-state index >= 15 is 0 Å². The Labute approximate surface area is 120 Å². The number of nitrogens with one attached hydrogen (secondary N) is 1. The van der Waals surface area contributed by atoms with Crippen molar-refractivity contribution >= 4 is 28.9 Å². The number of nitrogen functional groups attached to an aromatic ring is 1. The highest BCUT2D eigenvalue weighted by molar-refractivity contribution is 6.30. The third kappa shape index (κ3) is 3.61. The molecule has 0 spiro atoms. The van der Waals surface area contributed by atoms with E-state index in [-0.39, 0.29) is 11.6 Å². The summed E-state index contributed by atoms with van der Waals surface area (Å²) in [6.07, 6.45) is 0. The van der Waals surface area contributed by atoms with E-state index in [1.165, 1.54) is 12.1 Å². The van der Waals surface area contributed by atoms with Crippen molar-refractivity contribution in [3.63, 3.8) is 0 Å². The monoisotopic (exact) mass is 294 g/mol. The first-order valence-corrected chi connectivity index (χ1v) is 6.16. The maximum atomic E-state index is 13.2. The summed E-state index contributed by atoms with van der Waals surface area (Å²) < 4.78 is 18.5. The molecule has 2 aromatic rings. The number of hydrogen-bond acceptors (Lipinski definition) is 3. The molecule has 104 valence electrons. The highest BCUT2D eigenvalue weighted by Gasteiger charge is 2.07. The van der Waals surface area contributed by atoms with E-state index < -0.39 is 11.7 Å². The van der Waals surface area contributed by atoms with Gasteiger partial charge >= 0.3 is 0 Å². The first kappa shape index (κ1) is 14.1. The third-order valence-corrected chi connectivity index (χ3v) is 2.79. The van der Waals surface area contributed by atoms with Gasteiger partial charge in [-0.05, 0) is 30.3 Å². The van der Waals surface area contributed by atoms with E-state index in [2.05, 4.69) is 5.32 Å². The van der Waals surface area contributed by atoms with Crippen LogP contribution in [0.15, 0.2) is 42.5 Å². The standard InChI is InChI=1S/C14H12ClFN2O2/c15-10-6-5-9(7-11(10)16)18-14(19)8-20-13-4-2-1-3-12(13)17/h1-7H,8,17H2,(H,18,19). The van der Waals surface area contributed by atoms with Crippen LogP contribution in [0.4, 0.5) is 15.8 Å². The second-order valence-electron chi connectivity index (χ2n) is 4.00. The highest BCUT2D eigenvalue weighted by Crippen LogP contribution is 2.20. The Morgan fingerprint density at radius 2 is 2.05 bits per heavy atom. The molecule has 0 aliphatic carbocycles. The molecule has 0 unspecified atom stereocenters. The van der Waals surface area contributed by atoms with Gasteiger partial charge in [-0.25, -0.2) is 4.39 Å². The smallest absolute Gasteiger partial charge is 0.262 e. The molecule has 1 amide bonds. The number of rotatable bonds is 4. The van der Waals surface area contributed by atoms with Crippen LogP contribution in [0, 0.1) is 5.82 Å². The molecule has 2 aromatic carbocycles. The van der Waals surface area contributed by atoms with Gasteiger partial charge in [-0.2, -0.15) is 0 Å². The predicted molar refractivity (Wildman–Crippen MR) is 76.4 cm³/mol. The fourth-order valence-electron chi connectivity index (χ4n) is 1.53. The molecule has 4 nitrogen and oxygen atoms in total. The molecule has 0 radical (unpaired) electrons. The maximum absolute atomic E-state index is 13.2. The van der Waals surface area contributed by atoms with Gasteiger partial charge in [0.2, 0.25) is 0 Å². The molecule has 6 heteroatoms. The van der Waals surface area contributed by atoms with Gasteiger partial charge in [-0.3, -0.25) is 4.79 Å². The summed E-state index contributed by atoms with van der Waals surface area (Å²) in [6.45, 7) is -0.224. The number of hydrogen-bond donors (Lipinski definition) is 2. The Balaban J connectivity index is 1.93. The zero-order chi connectivity index (χ0) is 14.5. The second kappa shape index (κ2) is 6.25. The van der Waals surface area contributed by atoms with Crippen LogP contribution >= 0.6 is 11.6 Å². The quantitative estimate of drug-likeness (QED) is 0.852. The van der Waals surface area contributed by atoms with Gasteiger partial charge in [-0.1, -0.05) is 23.7 Å². The second-order valence-corrected chi connectivity index (χ2v) is 4.41. The summed E-state index contributed by atoms with van der Waals surface area (Å²) in [6, 6.07) is 10.8. The number of amides is 1. The molecular weight excluding hydrogens is 283 g/mol. The molecule has 0 aliphatic heterocycles. The van der Waals surface area contributed by atoms with Crippen molar-refractivity contribution in [3.05, 3.63) is 53.3 Å². The van der Waals surface area contributed by atoms with Gasteiger partial charge in [0.25, 0.3) is 5.91 Å². The van der Waals surface area contributed by atoms with Gasteiger partial charge in [0.1, 0.15) is 11.6 Å². The normalized spacial score (nSPS) is 10.1. The number of carbonyl (C=O) groups is 1. The Hall–Kier alpha value is -2.27. The molecular formula is C14H12ClFN2O2. The predicted octanol–water partition coefficient (Wildman–Crippen LogP) is 3.08. The van der Waals surface area contributed by atoms with Gasteiger partial charge < -0.3 is 15.8 Å². The van der Waals surface area contributed by atoms with E-state index in [1.54, 1.807) is 24.3 Å². The largest absolute Gasteiger partial charge is 0.482 e. The number of ether oxygens (including phenoxy) is 1. The summed E-state index contributed by atoms with van der Waals surface area (Å²) in [5.41, 5.74) is 6.42. The first-order valence-electron chi connectivity index (χ1n) is 5.78. The Morgan fingerprint density at radius 3 is 2.75 bits per heavy atom. The Morgan fingerprint density at radius 1 is 1.30 bits per heavy atom. The fraction of sp³-hybridized carbons (Fsp3) is 0.0714. The number of para-hydroxylation sites is 2. The molecule has 2 rings (SSSR count). The van der Waals surface area contributed by atoms with Crippen molar-refractivity contribution in [3.8, 4) is 5.75 Å². The van der Waals surface area contributed by atoms with E-state index in [1.807, 2.05) is 0 Å². The van der Waals surface area contributed by atoms with Gasteiger partial charge in [0.05, 0.1) is 10.7 Å². The minimum atomic E-state index is -0.599. The van der Waals surface area contributed by atoms with Crippen LogP contribution in [0.1, 0.15) is 0 Å². The van der Waals surface area contributed by atoms with Crippen molar-refractivity contribution in [2.24, 2.45) is 0 Å². The molecule has 0 aliphatic rings. The van der Waals surface area contributed by atoms with Crippen LogP contribution in [-0.4, -0.2) is 12.5 Å². The van der Waals surface area contributed by atoms with E-state index in [9.17, 15) is 9.18 Å².